The van der Waals surface area contributed by atoms with Gasteiger partial charge in [0.1, 0.15) is 28.9 Å². The molecule has 2 heterocycles. The molecule has 0 saturated carbocycles. The maximum absolute atomic E-state index is 14.2. The standard InChI is InChI=1S/C26H27F2N5O/c1-15(2)31-24-18(13-29)26(33-25-20(27)8-6-9-21(25)28)30-14-19(24)16(3)32-22-11-12-34-23-10-5-4-7-17(22)23/h4-10,13-15,22,29,32H,3,11-12H2,1-2H3,(H2,30,31,33). The first-order valence-corrected chi connectivity index (χ1v) is 11.1. The van der Waals surface area contributed by atoms with Crippen molar-refractivity contribution in [3.8, 4) is 5.75 Å². The molecule has 4 rings (SSSR count). The SMILES string of the molecule is C=C(NC1CCOc2ccccc21)c1cnc(Nc2c(F)cccc2F)c(C=N)c1NC(C)C. The fraction of sp³-hybridized carbons (Fsp3) is 0.231. The molecule has 2 aromatic carbocycles. The second-order valence-corrected chi connectivity index (χ2v) is 8.32. The van der Waals surface area contributed by atoms with Gasteiger partial charge in [-0.1, -0.05) is 30.8 Å². The van der Waals surface area contributed by atoms with E-state index in [0.29, 0.717) is 29.1 Å². The number of fused-ring (bicyclic) bond motifs is 1. The summed E-state index contributed by atoms with van der Waals surface area (Å²) in [4.78, 5) is 4.39. The van der Waals surface area contributed by atoms with Crippen LogP contribution < -0.4 is 20.7 Å². The summed E-state index contributed by atoms with van der Waals surface area (Å²) < 4.78 is 34.2. The number of anilines is 3. The van der Waals surface area contributed by atoms with E-state index in [1.54, 1.807) is 6.20 Å². The maximum atomic E-state index is 14.2. The summed E-state index contributed by atoms with van der Waals surface area (Å²) in [5.74, 6) is -0.492. The van der Waals surface area contributed by atoms with Crippen molar-refractivity contribution in [2.24, 2.45) is 0 Å². The largest absolute Gasteiger partial charge is 0.493 e. The van der Waals surface area contributed by atoms with Crippen LogP contribution in [0.5, 0.6) is 5.75 Å². The second kappa shape index (κ2) is 9.91. The molecule has 1 aliphatic rings. The normalized spacial score (nSPS) is 14.7. The van der Waals surface area contributed by atoms with E-state index in [9.17, 15) is 8.78 Å². The van der Waals surface area contributed by atoms with Crippen LogP contribution in [0.1, 0.15) is 43.0 Å². The van der Waals surface area contributed by atoms with E-state index in [0.717, 1.165) is 36.1 Å². The summed E-state index contributed by atoms with van der Waals surface area (Å²) in [6.07, 6.45) is 3.46. The lowest BCUT2D eigenvalue weighted by Gasteiger charge is -2.29. The van der Waals surface area contributed by atoms with Crippen molar-refractivity contribution in [2.75, 3.05) is 17.2 Å². The minimum atomic E-state index is -0.746. The lowest BCUT2D eigenvalue weighted by atomic mass is 9.99. The van der Waals surface area contributed by atoms with Crippen LogP contribution in [0.15, 0.2) is 55.2 Å². The minimum Gasteiger partial charge on any atom is -0.493 e. The second-order valence-electron chi connectivity index (χ2n) is 8.32. The first-order chi connectivity index (χ1) is 16.4. The molecule has 4 N–H and O–H groups in total. The molecule has 1 aromatic heterocycles. The Labute approximate surface area is 197 Å². The maximum Gasteiger partial charge on any atom is 0.149 e. The number of aromatic nitrogens is 1. The zero-order valence-electron chi connectivity index (χ0n) is 19.1. The van der Waals surface area contributed by atoms with Gasteiger partial charge in [0.2, 0.25) is 0 Å². The number of hydrogen-bond acceptors (Lipinski definition) is 6. The number of pyridine rings is 1. The summed E-state index contributed by atoms with van der Waals surface area (Å²) in [6, 6.07) is 11.5. The Balaban J connectivity index is 1.70. The predicted octanol–water partition coefficient (Wildman–Crippen LogP) is 6.01. The molecular weight excluding hydrogens is 436 g/mol. The summed E-state index contributed by atoms with van der Waals surface area (Å²) in [6.45, 7) is 8.74. The first kappa shape index (κ1) is 23.2. The topological polar surface area (TPSA) is 82.1 Å². The Kier molecular flexibility index (Phi) is 6.77. The van der Waals surface area contributed by atoms with Crippen molar-refractivity contribution >= 4 is 29.1 Å². The molecule has 0 aliphatic carbocycles. The van der Waals surface area contributed by atoms with Crippen LogP contribution in [-0.2, 0) is 0 Å². The van der Waals surface area contributed by atoms with E-state index in [1.807, 2.05) is 38.1 Å². The Morgan fingerprint density at radius 2 is 1.88 bits per heavy atom. The zero-order valence-corrected chi connectivity index (χ0v) is 19.1. The van der Waals surface area contributed by atoms with Gasteiger partial charge in [0, 0.05) is 41.7 Å². The Morgan fingerprint density at radius 1 is 1.15 bits per heavy atom. The van der Waals surface area contributed by atoms with Crippen molar-refractivity contribution in [2.45, 2.75) is 32.4 Å². The number of benzene rings is 2. The van der Waals surface area contributed by atoms with Gasteiger partial charge in [-0.2, -0.15) is 0 Å². The number of nitrogens with one attached hydrogen (secondary N) is 4. The van der Waals surface area contributed by atoms with Gasteiger partial charge in [-0.3, -0.25) is 0 Å². The van der Waals surface area contributed by atoms with Crippen molar-refractivity contribution in [3.63, 3.8) is 0 Å². The molecule has 0 spiro atoms. The molecule has 8 heteroatoms. The fourth-order valence-corrected chi connectivity index (χ4v) is 3.96. The fourth-order valence-electron chi connectivity index (χ4n) is 3.96. The van der Waals surface area contributed by atoms with Crippen LogP contribution in [0.25, 0.3) is 5.70 Å². The van der Waals surface area contributed by atoms with Gasteiger partial charge < -0.3 is 26.1 Å². The molecule has 1 aliphatic heterocycles. The number of nitrogens with zero attached hydrogens (tertiary/aromatic N) is 1. The molecule has 0 bridgehead atoms. The molecule has 34 heavy (non-hydrogen) atoms. The highest BCUT2D eigenvalue weighted by atomic mass is 19.1. The van der Waals surface area contributed by atoms with E-state index in [2.05, 4.69) is 27.5 Å². The van der Waals surface area contributed by atoms with E-state index >= 15 is 0 Å². The molecule has 6 nitrogen and oxygen atoms in total. The molecule has 3 aromatic rings. The summed E-state index contributed by atoms with van der Waals surface area (Å²) in [7, 11) is 0. The summed E-state index contributed by atoms with van der Waals surface area (Å²) in [5.41, 5.74) is 2.96. The van der Waals surface area contributed by atoms with E-state index in [1.165, 1.54) is 6.07 Å². The highest BCUT2D eigenvalue weighted by Crippen LogP contribution is 2.36. The summed E-state index contributed by atoms with van der Waals surface area (Å²) >= 11 is 0. The number of para-hydroxylation sites is 2. The lowest BCUT2D eigenvalue weighted by molar-refractivity contribution is 0.261. The molecular formula is C26H27F2N5O. The quantitative estimate of drug-likeness (QED) is 0.308. The number of hydrogen-bond donors (Lipinski definition) is 4. The van der Waals surface area contributed by atoms with Gasteiger partial charge >= 0.3 is 0 Å². The van der Waals surface area contributed by atoms with Gasteiger partial charge in [0.25, 0.3) is 0 Å². The number of halogens is 2. The van der Waals surface area contributed by atoms with Crippen molar-refractivity contribution < 1.29 is 13.5 Å². The molecule has 1 unspecified atom stereocenters. The highest BCUT2D eigenvalue weighted by Gasteiger charge is 2.24. The lowest BCUT2D eigenvalue weighted by Crippen LogP contribution is -2.26. The molecule has 176 valence electrons. The van der Waals surface area contributed by atoms with Crippen LogP contribution in [0.3, 0.4) is 0 Å². The molecule has 1 atom stereocenters. The van der Waals surface area contributed by atoms with Gasteiger partial charge in [-0.25, -0.2) is 13.8 Å². The average molecular weight is 464 g/mol. The number of rotatable bonds is 8. The monoisotopic (exact) mass is 463 g/mol. The van der Waals surface area contributed by atoms with E-state index < -0.39 is 11.6 Å². The molecule has 0 amide bonds. The smallest absolute Gasteiger partial charge is 0.149 e. The Bertz CT molecular complexity index is 1210. The van der Waals surface area contributed by atoms with Crippen LogP contribution in [0.4, 0.5) is 26.0 Å². The van der Waals surface area contributed by atoms with Crippen LogP contribution in [0.2, 0.25) is 0 Å². The van der Waals surface area contributed by atoms with Gasteiger partial charge in [-0.15, -0.1) is 0 Å². The third kappa shape index (κ3) is 4.71. The minimum absolute atomic E-state index is 0.00177. The molecule has 0 saturated heterocycles. The Hall–Kier alpha value is -3.94. The zero-order chi connectivity index (χ0) is 24.2. The van der Waals surface area contributed by atoms with Gasteiger partial charge in [0.15, 0.2) is 0 Å². The van der Waals surface area contributed by atoms with Crippen molar-refractivity contribution in [1.29, 1.82) is 5.41 Å². The molecule has 0 fully saturated rings. The third-order valence-electron chi connectivity index (χ3n) is 5.53. The van der Waals surface area contributed by atoms with Gasteiger partial charge in [0.05, 0.1) is 23.9 Å². The van der Waals surface area contributed by atoms with Crippen molar-refractivity contribution in [3.05, 3.63) is 83.6 Å². The highest BCUT2D eigenvalue weighted by molar-refractivity contribution is 5.97. The van der Waals surface area contributed by atoms with E-state index in [4.69, 9.17) is 10.1 Å². The van der Waals surface area contributed by atoms with Crippen molar-refractivity contribution in [1.82, 2.24) is 10.3 Å². The number of ether oxygens (including phenoxy) is 1. The van der Waals surface area contributed by atoms with Crippen LogP contribution in [-0.4, -0.2) is 23.8 Å². The van der Waals surface area contributed by atoms with E-state index in [-0.39, 0.29) is 23.6 Å². The van der Waals surface area contributed by atoms with Crippen LogP contribution in [0, 0.1) is 17.0 Å². The average Bonchev–Trinajstić information content (AvgIpc) is 2.81. The molecule has 0 radical (unpaired) electrons. The summed E-state index contributed by atoms with van der Waals surface area (Å²) in [5, 5.41) is 17.6. The van der Waals surface area contributed by atoms with Crippen LogP contribution >= 0.6 is 0 Å². The Morgan fingerprint density at radius 3 is 2.59 bits per heavy atom. The first-order valence-electron chi connectivity index (χ1n) is 11.1. The third-order valence-corrected chi connectivity index (χ3v) is 5.53. The van der Waals surface area contributed by atoms with Gasteiger partial charge in [-0.05, 0) is 32.0 Å². The predicted molar refractivity (Wildman–Crippen MR) is 132 cm³/mol.